The van der Waals surface area contributed by atoms with E-state index in [9.17, 15) is 9.59 Å². The van der Waals surface area contributed by atoms with Crippen LogP contribution in [0.25, 0.3) is 0 Å². The number of nitrogens with one attached hydrogen (secondary N) is 1. The van der Waals surface area contributed by atoms with Crippen LogP contribution in [0.15, 0.2) is 36.4 Å². The van der Waals surface area contributed by atoms with Gasteiger partial charge in [0.1, 0.15) is 5.75 Å². The summed E-state index contributed by atoms with van der Waals surface area (Å²) in [6.45, 7) is 2.38. The lowest BCUT2D eigenvalue weighted by Gasteiger charge is -2.10. The predicted octanol–water partition coefficient (Wildman–Crippen LogP) is 3.73. The molecule has 0 radical (unpaired) electrons. The Bertz CT molecular complexity index is 886. The second-order valence-corrected chi connectivity index (χ2v) is 7.22. The quantitative estimate of drug-likeness (QED) is 0.392. The highest BCUT2D eigenvalue weighted by Gasteiger charge is 2.09. The maximum absolute atomic E-state index is 11.9. The summed E-state index contributed by atoms with van der Waals surface area (Å²) in [5, 5.41) is 3.41. The van der Waals surface area contributed by atoms with Gasteiger partial charge in [0.15, 0.2) is 18.1 Å². The number of carbonyl (C=O) groups excluding carboxylic acids is 2. The third-order valence-electron chi connectivity index (χ3n) is 4.47. The molecule has 0 aromatic heterocycles. The Kier molecular flexibility index (Phi) is 9.97. The van der Waals surface area contributed by atoms with E-state index in [1.54, 1.807) is 26.4 Å². The molecule has 0 spiro atoms. The summed E-state index contributed by atoms with van der Waals surface area (Å²) < 4.78 is 21.0. The lowest BCUT2D eigenvalue weighted by atomic mass is 10.1. The van der Waals surface area contributed by atoms with E-state index >= 15 is 0 Å². The highest BCUT2D eigenvalue weighted by Crippen LogP contribution is 2.27. The van der Waals surface area contributed by atoms with Crippen LogP contribution < -0.4 is 19.5 Å². The monoisotopic (exact) mass is 449 g/mol. The van der Waals surface area contributed by atoms with Crippen LogP contribution in [0.5, 0.6) is 17.2 Å². The molecule has 7 nitrogen and oxygen atoms in total. The molecule has 0 saturated carbocycles. The maximum Gasteiger partial charge on any atom is 0.306 e. The molecular formula is C23H28ClNO6. The van der Waals surface area contributed by atoms with Crippen LogP contribution in [0.1, 0.15) is 24.0 Å². The van der Waals surface area contributed by atoms with Gasteiger partial charge < -0.3 is 24.3 Å². The van der Waals surface area contributed by atoms with Gasteiger partial charge in [0.05, 0.1) is 20.8 Å². The molecule has 0 saturated heterocycles. The predicted molar refractivity (Wildman–Crippen MR) is 118 cm³/mol. The molecule has 0 unspecified atom stereocenters. The molecule has 2 aromatic carbocycles. The normalized spacial score (nSPS) is 10.3. The van der Waals surface area contributed by atoms with Crippen molar-refractivity contribution in [1.29, 1.82) is 0 Å². The van der Waals surface area contributed by atoms with E-state index in [2.05, 4.69) is 5.32 Å². The minimum absolute atomic E-state index is 0.172. The lowest BCUT2D eigenvalue weighted by Crippen LogP contribution is -2.30. The summed E-state index contributed by atoms with van der Waals surface area (Å²) in [6.07, 6.45) is 1.27. The van der Waals surface area contributed by atoms with E-state index in [0.29, 0.717) is 48.3 Å². The van der Waals surface area contributed by atoms with Crippen LogP contribution in [-0.2, 0) is 20.7 Å². The molecule has 0 aliphatic carbocycles. The fourth-order valence-electron chi connectivity index (χ4n) is 2.77. The Morgan fingerprint density at radius 1 is 1.03 bits per heavy atom. The molecule has 0 atom stereocenters. The Morgan fingerprint density at radius 2 is 1.81 bits per heavy atom. The number of esters is 1. The fourth-order valence-corrected chi connectivity index (χ4v) is 2.88. The van der Waals surface area contributed by atoms with Gasteiger partial charge >= 0.3 is 5.97 Å². The topological polar surface area (TPSA) is 83.1 Å². The summed E-state index contributed by atoms with van der Waals surface area (Å²) in [5.41, 5.74) is 1.92. The van der Waals surface area contributed by atoms with Gasteiger partial charge in [0.25, 0.3) is 5.91 Å². The summed E-state index contributed by atoms with van der Waals surface area (Å²) in [6, 6.07) is 11.0. The van der Waals surface area contributed by atoms with Gasteiger partial charge in [0, 0.05) is 18.0 Å². The van der Waals surface area contributed by atoms with Gasteiger partial charge in [-0.1, -0.05) is 17.7 Å². The Labute approximate surface area is 187 Å². The number of halogens is 1. The Morgan fingerprint density at radius 3 is 2.52 bits per heavy atom. The number of amides is 1. The third-order valence-corrected chi connectivity index (χ3v) is 4.90. The molecule has 168 valence electrons. The van der Waals surface area contributed by atoms with Gasteiger partial charge in [-0.25, -0.2) is 0 Å². The lowest BCUT2D eigenvalue weighted by molar-refractivity contribution is -0.148. The van der Waals surface area contributed by atoms with Crippen LogP contribution in [0.4, 0.5) is 0 Å². The Balaban J connectivity index is 1.59. The van der Waals surface area contributed by atoms with E-state index in [0.717, 1.165) is 11.1 Å². The maximum atomic E-state index is 11.9. The van der Waals surface area contributed by atoms with Gasteiger partial charge in [-0.2, -0.15) is 0 Å². The Hall–Kier alpha value is -2.93. The van der Waals surface area contributed by atoms with Crippen LogP contribution in [0.2, 0.25) is 5.02 Å². The van der Waals surface area contributed by atoms with Gasteiger partial charge in [0.2, 0.25) is 0 Å². The average Bonchev–Trinajstić information content (AvgIpc) is 2.77. The highest BCUT2D eigenvalue weighted by atomic mass is 35.5. The number of aryl methyl sites for hydroxylation is 1. The van der Waals surface area contributed by atoms with Gasteiger partial charge in [-0.15, -0.1) is 0 Å². The molecule has 0 aliphatic rings. The van der Waals surface area contributed by atoms with E-state index in [4.69, 9.17) is 30.5 Å². The zero-order valence-corrected chi connectivity index (χ0v) is 18.8. The van der Waals surface area contributed by atoms with E-state index in [-0.39, 0.29) is 18.9 Å². The number of hydrogen-bond donors (Lipinski definition) is 1. The van der Waals surface area contributed by atoms with Crippen molar-refractivity contribution < 1.29 is 28.5 Å². The molecule has 1 amide bonds. The van der Waals surface area contributed by atoms with Crippen molar-refractivity contribution >= 4 is 23.5 Å². The molecule has 0 heterocycles. The zero-order valence-electron chi connectivity index (χ0n) is 18.0. The van der Waals surface area contributed by atoms with Crippen molar-refractivity contribution in [2.75, 3.05) is 34.0 Å². The van der Waals surface area contributed by atoms with E-state index in [1.807, 2.05) is 31.2 Å². The zero-order chi connectivity index (χ0) is 22.6. The number of carbonyl (C=O) groups is 2. The minimum atomic E-state index is -0.439. The van der Waals surface area contributed by atoms with Crippen molar-refractivity contribution in [3.8, 4) is 17.2 Å². The molecule has 31 heavy (non-hydrogen) atoms. The van der Waals surface area contributed by atoms with Crippen molar-refractivity contribution in [3.05, 3.63) is 52.5 Å². The van der Waals surface area contributed by atoms with Crippen molar-refractivity contribution in [2.45, 2.75) is 26.2 Å². The van der Waals surface area contributed by atoms with Crippen LogP contribution in [0.3, 0.4) is 0 Å². The second-order valence-electron chi connectivity index (χ2n) is 6.81. The molecule has 0 bridgehead atoms. The first-order chi connectivity index (χ1) is 14.9. The molecule has 8 heteroatoms. The molecule has 2 rings (SSSR count). The number of methoxy groups -OCH3 is 2. The van der Waals surface area contributed by atoms with Gasteiger partial charge in [-0.3, -0.25) is 9.59 Å². The first kappa shape index (κ1) is 24.3. The third kappa shape index (κ3) is 8.38. The first-order valence-electron chi connectivity index (χ1n) is 9.95. The molecular weight excluding hydrogens is 422 g/mol. The number of hydrogen-bond acceptors (Lipinski definition) is 6. The molecule has 0 aliphatic heterocycles. The standard InChI is InChI=1S/C23H28ClNO6/c1-16-13-18(7-8-19(16)24)30-12-4-5-23(27)31-15-22(26)25-11-10-17-6-9-20(28-2)21(14-17)29-3/h6-9,13-14H,4-5,10-12,15H2,1-3H3,(H,25,26). The summed E-state index contributed by atoms with van der Waals surface area (Å²) in [7, 11) is 3.15. The average molecular weight is 450 g/mol. The van der Waals surface area contributed by atoms with Crippen LogP contribution in [-0.4, -0.2) is 45.9 Å². The summed E-state index contributed by atoms with van der Waals surface area (Å²) in [5.74, 6) is 1.20. The van der Waals surface area contributed by atoms with Crippen molar-refractivity contribution in [3.63, 3.8) is 0 Å². The van der Waals surface area contributed by atoms with Crippen LogP contribution >= 0.6 is 11.6 Å². The summed E-state index contributed by atoms with van der Waals surface area (Å²) >= 11 is 5.97. The van der Waals surface area contributed by atoms with E-state index < -0.39 is 5.97 Å². The highest BCUT2D eigenvalue weighted by molar-refractivity contribution is 6.31. The minimum Gasteiger partial charge on any atom is -0.494 e. The van der Waals surface area contributed by atoms with Crippen molar-refractivity contribution in [2.24, 2.45) is 0 Å². The number of rotatable bonds is 12. The van der Waals surface area contributed by atoms with Crippen molar-refractivity contribution in [1.82, 2.24) is 5.32 Å². The second kappa shape index (κ2) is 12.7. The van der Waals surface area contributed by atoms with E-state index in [1.165, 1.54) is 0 Å². The molecule has 1 N–H and O–H groups in total. The first-order valence-corrected chi connectivity index (χ1v) is 10.3. The largest absolute Gasteiger partial charge is 0.494 e. The number of ether oxygens (including phenoxy) is 4. The van der Waals surface area contributed by atoms with Crippen LogP contribution in [0, 0.1) is 6.92 Å². The molecule has 2 aromatic rings. The fraction of sp³-hybridized carbons (Fsp3) is 0.391. The smallest absolute Gasteiger partial charge is 0.306 e. The SMILES string of the molecule is COc1ccc(CCNC(=O)COC(=O)CCCOc2ccc(Cl)c(C)c2)cc1OC. The summed E-state index contributed by atoms with van der Waals surface area (Å²) in [4.78, 5) is 23.6. The number of benzene rings is 2. The molecule has 0 fully saturated rings. The van der Waals surface area contributed by atoms with Gasteiger partial charge in [-0.05, 0) is 61.2 Å².